The van der Waals surface area contributed by atoms with E-state index in [0.29, 0.717) is 11.3 Å². The Morgan fingerprint density at radius 2 is 1.86 bits per heavy atom. The molecule has 0 radical (unpaired) electrons. The van der Waals surface area contributed by atoms with Crippen molar-refractivity contribution >= 4 is 38.6 Å². The van der Waals surface area contributed by atoms with Gasteiger partial charge in [0.25, 0.3) is 5.91 Å². The largest absolute Gasteiger partial charge is 0.482 e. The number of ether oxygens (including phenoxy) is 2. The van der Waals surface area contributed by atoms with Gasteiger partial charge in [0.1, 0.15) is 11.3 Å². The Labute approximate surface area is 165 Å². The maximum absolute atomic E-state index is 13.6. The number of anilines is 1. The van der Waals surface area contributed by atoms with Crippen LogP contribution in [0.25, 0.3) is 10.2 Å². The number of nitriles is 1. The number of aromatic nitrogens is 1. The molecule has 2 aromatic carbocycles. The Hall–Kier alpha value is -3.65. The first kappa shape index (κ1) is 20.1. The fraction of sp³-hybridized carbons (Fsp3) is 0.111. The molecule has 7 nitrogen and oxygen atoms in total. The summed E-state index contributed by atoms with van der Waals surface area (Å²) in [5, 5.41) is 10.8. The Morgan fingerprint density at radius 3 is 2.55 bits per heavy atom. The molecule has 0 atom stereocenters. The molecule has 0 saturated carbocycles. The second-order valence-corrected chi connectivity index (χ2v) is 6.52. The minimum Gasteiger partial charge on any atom is -0.482 e. The van der Waals surface area contributed by atoms with Crippen molar-refractivity contribution in [3.05, 3.63) is 53.3 Å². The minimum atomic E-state index is -1.66. The van der Waals surface area contributed by atoms with Gasteiger partial charge in [0.2, 0.25) is 0 Å². The number of fused-ring (bicyclic) bond motifs is 1. The van der Waals surface area contributed by atoms with Gasteiger partial charge >= 0.3 is 5.97 Å². The molecule has 0 saturated heterocycles. The van der Waals surface area contributed by atoms with Crippen LogP contribution in [0.1, 0.15) is 5.56 Å². The third-order valence-corrected chi connectivity index (χ3v) is 4.39. The van der Waals surface area contributed by atoms with Crippen molar-refractivity contribution in [1.82, 2.24) is 4.98 Å². The lowest BCUT2D eigenvalue weighted by Gasteiger charge is -2.06. The molecule has 1 aromatic heterocycles. The maximum atomic E-state index is 13.6. The number of nitrogens with one attached hydrogen (secondary N) is 1. The lowest BCUT2D eigenvalue weighted by Crippen LogP contribution is -2.23. The van der Waals surface area contributed by atoms with Gasteiger partial charge < -0.3 is 9.47 Å². The summed E-state index contributed by atoms with van der Waals surface area (Å²) in [7, 11) is 0. The van der Waals surface area contributed by atoms with E-state index >= 15 is 0 Å². The van der Waals surface area contributed by atoms with Crippen LogP contribution in [0.4, 0.5) is 18.3 Å². The Bertz CT molecular complexity index is 1130. The van der Waals surface area contributed by atoms with Crippen LogP contribution in [0.15, 0.2) is 30.3 Å². The summed E-state index contributed by atoms with van der Waals surface area (Å²) in [5.74, 6) is -5.75. The molecule has 0 aliphatic heterocycles. The average Bonchev–Trinajstić information content (AvgIpc) is 3.11. The summed E-state index contributed by atoms with van der Waals surface area (Å²) in [6, 6.07) is 8.71. The summed E-state index contributed by atoms with van der Waals surface area (Å²) in [5.41, 5.74) is 0.00816. The molecule has 0 bridgehead atoms. The quantitative estimate of drug-likeness (QED) is 0.485. The zero-order chi connectivity index (χ0) is 21.0. The topological polar surface area (TPSA) is 101 Å². The molecule has 29 heavy (non-hydrogen) atoms. The number of thiazole rings is 1. The number of rotatable bonds is 6. The van der Waals surface area contributed by atoms with Gasteiger partial charge in [-0.2, -0.15) is 5.26 Å². The molecule has 0 fully saturated rings. The normalized spacial score (nSPS) is 10.4. The van der Waals surface area contributed by atoms with Crippen molar-refractivity contribution in [2.45, 2.75) is 0 Å². The number of hydrogen-bond acceptors (Lipinski definition) is 7. The van der Waals surface area contributed by atoms with E-state index in [9.17, 15) is 22.8 Å². The molecule has 3 rings (SSSR count). The highest BCUT2D eigenvalue weighted by molar-refractivity contribution is 7.22. The first-order valence-electron chi connectivity index (χ1n) is 7.90. The van der Waals surface area contributed by atoms with E-state index in [1.54, 1.807) is 0 Å². The van der Waals surface area contributed by atoms with Gasteiger partial charge in [-0.25, -0.2) is 22.9 Å². The van der Waals surface area contributed by atoms with Gasteiger partial charge in [-0.1, -0.05) is 11.3 Å². The van der Waals surface area contributed by atoms with Gasteiger partial charge in [0.05, 0.1) is 16.3 Å². The number of nitrogens with zero attached hydrogens (tertiary/aromatic N) is 2. The Kier molecular flexibility index (Phi) is 5.94. The molecule has 1 heterocycles. The van der Waals surface area contributed by atoms with E-state index < -0.39 is 48.1 Å². The highest BCUT2D eigenvalue weighted by atomic mass is 32.1. The average molecular weight is 421 g/mol. The number of halogens is 3. The molecule has 0 unspecified atom stereocenters. The zero-order valence-corrected chi connectivity index (χ0v) is 15.2. The van der Waals surface area contributed by atoms with Crippen LogP contribution < -0.4 is 10.1 Å². The number of amides is 1. The highest BCUT2D eigenvalue weighted by Crippen LogP contribution is 2.30. The lowest BCUT2D eigenvalue weighted by atomic mass is 10.2. The fourth-order valence-electron chi connectivity index (χ4n) is 2.14. The molecule has 0 spiro atoms. The third kappa shape index (κ3) is 4.80. The fourth-order valence-corrected chi connectivity index (χ4v) is 3.04. The van der Waals surface area contributed by atoms with Crippen LogP contribution in [0, 0.1) is 28.8 Å². The predicted molar refractivity (Wildman–Crippen MR) is 95.7 cm³/mol. The van der Waals surface area contributed by atoms with Crippen molar-refractivity contribution in [3.8, 4) is 11.8 Å². The van der Waals surface area contributed by atoms with Crippen LogP contribution in [0.5, 0.6) is 5.75 Å². The molecule has 3 aromatic rings. The van der Waals surface area contributed by atoms with E-state index in [1.807, 2.05) is 6.07 Å². The predicted octanol–water partition coefficient (Wildman–Crippen LogP) is 3.15. The first-order valence-corrected chi connectivity index (χ1v) is 8.71. The molecular formula is C18H10F3N3O4S. The van der Waals surface area contributed by atoms with E-state index in [1.165, 1.54) is 24.3 Å². The lowest BCUT2D eigenvalue weighted by molar-refractivity contribution is -0.149. The summed E-state index contributed by atoms with van der Waals surface area (Å²) >= 11 is 0.730. The smallest absolute Gasteiger partial charge is 0.344 e. The second-order valence-electron chi connectivity index (χ2n) is 5.49. The van der Waals surface area contributed by atoms with Crippen LogP contribution in [0.3, 0.4) is 0 Å². The SMILES string of the molecule is N#Cc1ccc(OCC(=O)OCC(=O)Nc2nc3c(F)c(F)c(F)cc3s2)cc1. The monoisotopic (exact) mass is 421 g/mol. The minimum absolute atomic E-state index is 0.00418. The van der Waals surface area contributed by atoms with Gasteiger partial charge in [0.15, 0.2) is 35.8 Å². The van der Waals surface area contributed by atoms with Gasteiger partial charge in [-0.15, -0.1) is 0 Å². The van der Waals surface area contributed by atoms with E-state index in [0.717, 1.165) is 17.4 Å². The number of hydrogen-bond donors (Lipinski definition) is 1. The molecular weight excluding hydrogens is 411 g/mol. The number of carbonyl (C=O) groups excluding carboxylic acids is 2. The molecule has 11 heteroatoms. The second kappa shape index (κ2) is 8.57. The number of carbonyl (C=O) groups is 2. The van der Waals surface area contributed by atoms with Crippen molar-refractivity contribution in [2.24, 2.45) is 0 Å². The number of esters is 1. The summed E-state index contributed by atoms with van der Waals surface area (Å²) < 4.78 is 50.0. The van der Waals surface area contributed by atoms with Gasteiger partial charge in [0, 0.05) is 0 Å². The van der Waals surface area contributed by atoms with Crippen molar-refractivity contribution < 1.29 is 32.2 Å². The van der Waals surface area contributed by atoms with Crippen molar-refractivity contribution in [1.29, 1.82) is 5.26 Å². The Morgan fingerprint density at radius 1 is 1.14 bits per heavy atom. The molecule has 1 amide bonds. The summed E-state index contributed by atoms with van der Waals surface area (Å²) in [4.78, 5) is 27.1. The van der Waals surface area contributed by atoms with E-state index in [4.69, 9.17) is 14.7 Å². The molecule has 148 valence electrons. The van der Waals surface area contributed by atoms with E-state index in [-0.39, 0.29) is 9.83 Å². The van der Waals surface area contributed by atoms with E-state index in [2.05, 4.69) is 10.3 Å². The standard InChI is InChI=1S/C18H10F3N3O4S/c19-11-5-12-17(16(21)15(11)20)24-18(29-12)23-13(25)7-28-14(26)8-27-10-3-1-9(6-22)2-4-10/h1-5H,7-8H2,(H,23,24,25). The van der Waals surface area contributed by atoms with Crippen LogP contribution in [-0.4, -0.2) is 30.1 Å². The molecule has 0 aliphatic rings. The molecule has 0 aliphatic carbocycles. The van der Waals surface area contributed by atoms with Crippen LogP contribution >= 0.6 is 11.3 Å². The van der Waals surface area contributed by atoms with Crippen molar-refractivity contribution in [3.63, 3.8) is 0 Å². The maximum Gasteiger partial charge on any atom is 0.344 e. The molecule has 1 N–H and O–H groups in total. The Balaban J connectivity index is 1.50. The van der Waals surface area contributed by atoms with Gasteiger partial charge in [-0.3, -0.25) is 10.1 Å². The van der Waals surface area contributed by atoms with Crippen LogP contribution in [-0.2, 0) is 14.3 Å². The first-order chi connectivity index (χ1) is 13.9. The summed E-state index contributed by atoms with van der Waals surface area (Å²) in [6.45, 7) is -1.14. The van der Waals surface area contributed by atoms with Crippen LogP contribution in [0.2, 0.25) is 0 Å². The van der Waals surface area contributed by atoms with Crippen molar-refractivity contribution in [2.75, 3.05) is 18.5 Å². The highest BCUT2D eigenvalue weighted by Gasteiger charge is 2.18. The van der Waals surface area contributed by atoms with Gasteiger partial charge in [-0.05, 0) is 30.3 Å². The summed E-state index contributed by atoms with van der Waals surface area (Å²) in [6.07, 6.45) is 0. The number of benzene rings is 2. The zero-order valence-electron chi connectivity index (χ0n) is 14.4. The third-order valence-electron chi connectivity index (χ3n) is 3.47.